The molecule has 0 radical (unpaired) electrons. The van der Waals surface area contributed by atoms with Gasteiger partial charge in [-0.3, -0.25) is 0 Å². The molecule has 1 N–H and O–H groups in total. The van der Waals surface area contributed by atoms with Crippen LogP contribution in [0, 0.1) is 0 Å². The summed E-state index contributed by atoms with van der Waals surface area (Å²) in [5, 5.41) is 4.90. The lowest BCUT2D eigenvalue weighted by molar-refractivity contribution is 1.55. The van der Waals surface area contributed by atoms with Crippen molar-refractivity contribution in [2.75, 3.05) is 5.32 Å². The highest BCUT2D eigenvalue weighted by Gasteiger charge is 2.03. The number of rotatable bonds is 2. The molecule has 16 heavy (non-hydrogen) atoms. The first-order valence-corrected chi connectivity index (χ1v) is 5.77. The van der Waals surface area contributed by atoms with Crippen molar-refractivity contribution in [3.63, 3.8) is 0 Å². The Morgan fingerprint density at radius 2 is 1.50 bits per heavy atom. The van der Waals surface area contributed by atoms with Crippen molar-refractivity contribution in [2.24, 2.45) is 0 Å². The third-order valence-corrected chi connectivity index (χ3v) is 3.15. The van der Waals surface area contributed by atoms with Gasteiger partial charge >= 0.3 is 0 Å². The van der Waals surface area contributed by atoms with Gasteiger partial charge in [0.15, 0.2) is 0 Å². The summed E-state index contributed by atoms with van der Waals surface area (Å²) >= 11 is 17.8. The van der Waals surface area contributed by atoms with E-state index in [1.807, 2.05) is 36.4 Å². The average Bonchev–Trinajstić information content (AvgIpc) is 2.28. The molecular formula is C12H8Cl3N. The summed E-state index contributed by atoms with van der Waals surface area (Å²) in [7, 11) is 0. The maximum Gasteiger partial charge on any atom is 0.0827 e. The number of hydrogen-bond acceptors (Lipinski definition) is 1. The first-order chi connectivity index (χ1) is 7.66. The molecule has 0 saturated heterocycles. The van der Waals surface area contributed by atoms with Crippen molar-refractivity contribution in [1.29, 1.82) is 0 Å². The molecule has 2 aromatic carbocycles. The fraction of sp³-hybridized carbons (Fsp3) is 0. The van der Waals surface area contributed by atoms with Crippen LogP contribution < -0.4 is 5.32 Å². The Hall–Kier alpha value is -0.890. The van der Waals surface area contributed by atoms with Crippen molar-refractivity contribution >= 4 is 46.2 Å². The largest absolute Gasteiger partial charge is 0.354 e. The van der Waals surface area contributed by atoms with E-state index in [2.05, 4.69) is 5.32 Å². The predicted octanol–water partition coefficient (Wildman–Crippen LogP) is 5.39. The van der Waals surface area contributed by atoms with Crippen LogP contribution in [-0.2, 0) is 0 Å². The minimum Gasteiger partial charge on any atom is -0.354 e. The van der Waals surface area contributed by atoms with Gasteiger partial charge in [0.05, 0.1) is 15.7 Å². The first-order valence-electron chi connectivity index (χ1n) is 4.63. The smallest absolute Gasteiger partial charge is 0.0827 e. The lowest BCUT2D eigenvalue weighted by Crippen LogP contribution is -1.90. The van der Waals surface area contributed by atoms with Crippen LogP contribution in [0.25, 0.3) is 0 Å². The fourth-order valence-electron chi connectivity index (χ4n) is 1.29. The van der Waals surface area contributed by atoms with Gasteiger partial charge in [0, 0.05) is 10.7 Å². The normalized spacial score (nSPS) is 10.2. The van der Waals surface area contributed by atoms with Crippen LogP contribution in [0.2, 0.25) is 15.1 Å². The van der Waals surface area contributed by atoms with Crippen LogP contribution in [0.4, 0.5) is 11.4 Å². The molecule has 2 rings (SSSR count). The number of anilines is 2. The lowest BCUT2D eigenvalue weighted by Gasteiger charge is -2.09. The molecule has 1 nitrogen and oxygen atoms in total. The molecule has 82 valence electrons. The van der Waals surface area contributed by atoms with E-state index in [0.717, 1.165) is 11.4 Å². The Morgan fingerprint density at radius 3 is 2.19 bits per heavy atom. The molecule has 0 unspecified atom stereocenters. The van der Waals surface area contributed by atoms with Crippen molar-refractivity contribution in [1.82, 2.24) is 0 Å². The highest BCUT2D eigenvalue weighted by atomic mass is 35.5. The van der Waals surface area contributed by atoms with Gasteiger partial charge in [0.1, 0.15) is 0 Å². The molecule has 0 amide bonds. The van der Waals surface area contributed by atoms with E-state index in [-0.39, 0.29) is 0 Å². The van der Waals surface area contributed by atoms with Crippen LogP contribution in [-0.4, -0.2) is 0 Å². The summed E-state index contributed by atoms with van der Waals surface area (Å²) in [5.74, 6) is 0. The molecule has 4 heteroatoms. The van der Waals surface area contributed by atoms with Gasteiger partial charge in [-0.25, -0.2) is 0 Å². The fourth-order valence-corrected chi connectivity index (χ4v) is 1.76. The average molecular weight is 273 g/mol. The molecule has 0 aromatic heterocycles. The molecule has 0 heterocycles. The van der Waals surface area contributed by atoms with Crippen molar-refractivity contribution in [3.8, 4) is 0 Å². The monoisotopic (exact) mass is 271 g/mol. The molecule has 0 aliphatic heterocycles. The lowest BCUT2D eigenvalue weighted by atomic mass is 10.2. The first kappa shape index (κ1) is 11.6. The zero-order valence-corrected chi connectivity index (χ0v) is 10.4. The predicted molar refractivity (Wildman–Crippen MR) is 71.2 cm³/mol. The third-order valence-electron chi connectivity index (χ3n) is 2.07. The number of benzene rings is 2. The second kappa shape index (κ2) is 4.96. The highest BCUT2D eigenvalue weighted by Crippen LogP contribution is 2.31. The zero-order valence-electron chi connectivity index (χ0n) is 8.18. The van der Waals surface area contributed by atoms with Crippen LogP contribution >= 0.6 is 34.8 Å². The zero-order chi connectivity index (χ0) is 11.5. The number of hydrogen-bond donors (Lipinski definition) is 1. The summed E-state index contributed by atoms with van der Waals surface area (Å²) in [5.41, 5.74) is 1.69. The second-order valence-electron chi connectivity index (χ2n) is 3.23. The van der Waals surface area contributed by atoms with Gasteiger partial charge in [0.25, 0.3) is 0 Å². The van der Waals surface area contributed by atoms with Gasteiger partial charge in [-0.1, -0.05) is 40.9 Å². The van der Waals surface area contributed by atoms with Crippen LogP contribution in [0.5, 0.6) is 0 Å². The molecular weight excluding hydrogens is 264 g/mol. The maximum absolute atomic E-state index is 6.05. The van der Waals surface area contributed by atoms with Gasteiger partial charge in [0.2, 0.25) is 0 Å². The second-order valence-corrected chi connectivity index (χ2v) is 4.45. The van der Waals surface area contributed by atoms with Crippen molar-refractivity contribution in [2.45, 2.75) is 0 Å². The summed E-state index contributed by atoms with van der Waals surface area (Å²) in [6.07, 6.45) is 0. The van der Waals surface area contributed by atoms with E-state index in [0.29, 0.717) is 15.1 Å². The van der Waals surface area contributed by atoms with Gasteiger partial charge < -0.3 is 5.32 Å². The minimum absolute atomic E-state index is 0.513. The molecule has 0 saturated carbocycles. The van der Waals surface area contributed by atoms with E-state index in [9.17, 15) is 0 Å². The molecule has 0 aliphatic carbocycles. The molecule has 0 spiro atoms. The van der Waals surface area contributed by atoms with Crippen LogP contribution in [0.3, 0.4) is 0 Å². The third kappa shape index (κ3) is 2.62. The van der Waals surface area contributed by atoms with Gasteiger partial charge in [-0.2, -0.15) is 0 Å². The quantitative estimate of drug-likeness (QED) is 0.773. The maximum atomic E-state index is 6.05. The highest BCUT2D eigenvalue weighted by molar-refractivity contribution is 6.43. The molecule has 0 aliphatic rings. The summed E-state index contributed by atoms with van der Waals surface area (Å²) < 4.78 is 0. The van der Waals surface area contributed by atoms with E-state index in [1.165, 1.54) is 0 Å². The van der Waals surface area contributed by atoms with E-state index < -0.39 is 0 Å². The Bertz CT molecular complexity index is 494. The summed E-state index contributed by atoms with van der Waals surface area (Å²) in [6.45, 7) is 0. The van der Waals surface area contributed by atoms with E-state index in [1.54, 1.807) is 6.07 Å². The van der Waals surface area contributed by atoms with E-state index >= 15 is 0 Å². The standard InChI is InChI=1S/C12H8Cl3N/c13-8-4-6-9(7-5-8)16-11-3-1-2-10(14)12(11)15/h1-7,16H. The minimum atomic E-state index is 0.513. The number of nitrogens with one attached hydrogen (secondary N) is 1. The van der Waals surface area contributed by atoms with Gasteiger partial charge in [-0.05, 0) is 36.4 Å². The number of halogens is 3. The Balaban J connectivity index is 2.27. The summed E-state index contributed by atoms with van der Waals surface area (Å²) in [4.78, 5) is 0. The SMILES string of the molecule is Clc1ccc(Nc2cccc(Cl)c2Cl)cc1. The van der Waals surface area contributed by atoms with Crippen molar-refractivity contribution < 1.29 is 0 Å². The van der Waals surface area contributed by atoms with E-state index in [4.69, 9.17) is 34.8 Å². The van der Waals surface area contributed by atoms with Crippen molar-refractivity contribution in [3.05, 3.63) is 57.5 Å². The molecule has 0 bridgehead atoms. The topological polar surface area (TPSA) is 12.0 Å². The molecule has 2 aromatic rings. The Labute approximate surface area is 109 Å². The molecule has 0 atom stereocenters. The van der Waals surface area contributed by atoms with Crippen LogP contribution in [0.1, 0.15) is 0 Å². The van der Waals surface area contributed by atoms with Crippen LogP contribution in [0.15, 0.2) is 42.5 Å². The molecule has 0 fully saturated rings. The Morgan fingerprint density at radius 1 is 0.812 bits per heavy atom. The van der Waals surface area contributed by atoms with Gasteiger partial charge in [-0.15, -0.1) is 0 Å². The summed E-state index contributed by atoms with van der Waals surface area (Å²) in [6, 6.07) is 12.8. The Kier molecular flexibility index (Phi) is 3.59.